The molecule has 0 spiro atoms. The Morgan fingerprint density at radius 2 is 0.884 bits per heavy atom. The van der Waals surface area contributed by atoms with E-state index in [1.807, 2.05) is 27.2 Å². The zero-order chi connectivity index (χ0) is 50.6. The first-order valence-electron chi connectivity index (χ1n) is 28.8. The average Bonchev–Trinajstić information content (AvgIpc) is 3.31. The van der Waals surface area contributed by atoms with Gasteiger partial charge in [-0.3, -0.25) is 9.36 Å². The Hall–Kier alpha value is -2.06. The van der Waals surface area contributed by atoms with Crippen molar-refractivity contribution in [2.75, 3.05) is 40.9 Å². The Kier molecular flexibility index (Phi) is 49.3. The minimum Gasteiger partial charge on any atom is -0.756 e. The molecule has 0 saturated carbocycles. The van der Waals surface area contributed by atoms with Crippen LogP contribution in [0.1, 0.15) is 251 Å². The molecule has 3 atom stereocenters. The lowest BCUT2D eigenvalue weighted by molar-refractivity contribution is -0.870. The predicted octanol–water partition coefficient (Wildman–Crippen LogP) is 16.9. The van der Waals surface area contributed by atoms with Crippen LogP contribution in [-0.4, -0.2) is 68.5 Å². The largest absolute Gasteiger partial charge is 0.756 e. The number of hydrogen-bond donors (Lipinski definition) is 2. The van der Waals surface area contributed by atoms with Crippen molar-refractivity contribution in [3.63, 3.8) is 0 Å². The maximum atomic E-state index is 13.0. The van der Waals surface area contributed by atoms with Crippen LogP contribution < -0.4 is 10.2 Å². The number of aliphatic hydroxyl groups excluding tert-OH is 1. The monoisotopic (exact) mass is 987 g/mol. The van der Waals surface area contributed by atoms with Gasteiger partial charge in [0.25, 0.3) is 7.82 Å². The lowest BCUT2D eigenvalue weighted by atomic mass is 10.0. The average molecular weight is 988 g/mol. The Labute approximate surface area is 427 Å². The summed E-state index contributed by atoms with van der Waals surface area (Å²) in [6.45, 7) is 4.55. The fourth-order valence-corrected chi connectivity index (χ4v) is 8.90. The fraction of sp³-hybridized carbons (Fsp3) is 0.783. The summed E-state index contributed by atoms with van der Waals surface area (Å²) in [4.78, 5) is 25.5. The number of aliphatic hydroxyl groups is 1. The molecule has 0 saturated heterocycles. The van der Waals surface area contributed by atoms with Gasteiger partial charge in [-0.25, -0.2) is 0 Å². The molecule has 8 nitrogen and oxygen atoms in total. The molecule has 0 aliphatic heterocycles. The number of nitrogens with one attached hydrogen (secondary N) is 1. The van der Waals surface area contributed by atoms with Crippen LogP contribution in [0.15, 0.2) is 72.9 Å². The number of unbranched alkanes of at least 4 members (excludes halogenated alkanes) is 29. The van der Waals surface area contributed by atoms with Crippen molar-refractivity contribution in [3.8, 4) is 0 Å². The van der Waals surface area contributed by atoms with Gasteiger partial charge in [-0.1, -0.05) is 254 Å². The van der Waals surface area contributed by atoms with Crippen molar-refractivity contribution in [1.29, 1.82) is 0 Å². The first kappa shape index (κ1) is 66.9. The lowest BCUT2D eigenvalue weighted by Crippen LogP contribution is -2.45. The number of hydrogen-bond acceptors (Lipinski definition) is 6. The molecule has 0 rings (SSSR count). The van der Waals surface area contributed by atoms with Crippen molar-refractivity contribution in [2.45, 2.75) is 264 Å². The summed E-state index contributed by atoms with van der Waals surface area (Å²) in [6, 6.07) is -0.892. The summed E-state index contributed by atoms with van der Waals surface area (Å²) in [5.41, 5.74) is 0. The molecule has 0 radical (unpaired) electrons. The summed E-state index contributed by atoms with van der Waals surface area (Å²) < 4.78 is 23.4. The van der Waals surface area contributed by atoms with E-state index in [4.69, 9.17) is 9.05 Å². The number of carbonyl (C=O) groups excluding carboxylic acids is 1. The second-order valence-corrected chi connectivity index (χ2v) is 22.0. The summed E-state index contributed by atoms with van der Waals surface area (Å²) in [7, 11) is 1.26. The maximum Gasteiger partial charge on any atom is 0.268 e. The zero-order valence-corrected chi connectivity index (χ0v) is 46.6. The number of amides is 1. The van der Waals surface area contributed by atoms with Gasteiger partial charge in [-0.2, -0.15) is 0 Å². The topological polar surface area (TPSA) is 108 Å². The number of carbonyl (C=O) groups is 1. The molecule has 2 N–H and O–H groups in total. The van der Waals surface area contributed by atoms with E-state index in [0.29, 0.717) is 17.4 Å². The third-order valence-corrected chi connectivity index (χ3v) is 13.6. The van der Waals surface area contributed by atoms with Gasteiger partial charge in [0.15, 0.2) is 0 Å². The highest BCUT2D eigenvalue weighted by molar-refractivity contribution is 7.45. The summed E-state index contributed by atoms with van der Waals surface area (Å²) in [5.74, 6) is -0.201. The molecule has 402 valence electrons. The van der Waals surface area contributed by atoms with Crippen molar-refractivity contribution in [3.05, 3.63) is 72.9 Å². The normalized spacial score (nSPS) is 14.5. The van der Waals surface area contributed by atoms with Crippen LogP contribution in [0.2, 0.25) is 0 Å². The Bertz CT molecular complexity index is 1350. The first-order valence-corrected chi connectivity index (χ1v) is 30.3. The number of rotatable bonds is 52. The molecular formula is C60H111N2O6P. The highest BCUT2D eigenvalue weighted by Crippen LogP contribution is 2.38. The molecule has 0 heterocycles. The Morgan fingerprint density at radius 3 is 1.29 bits per heavy atom. The molecule has 0 aliphatic rings. The van der Waals surface area contributed by atoms with Gasteiger partial charge in [0.1, 0.15) is 13.2 Å². The van der Waals surface area contributed by atoms with Gasteiger partial charge >= 0.3 is 0 Å². The maximum absolute atomic E-state index is 13.0. The van der Waals surface area contributed by atoms with Gasteiger partial charge in [-0.15, -0.1) is 0 Å². The number of phosphoric acid groups is 1. The summed E-state index contributed by atoms with van der Waals surface area (Å²) in [6.07, 6.45) is 69.7. The lowest BCUT2D eigenvalue weighted by Gasteiger charge is -2.29. The van der Waals surface area contributed by atoms with Crippen LogP contribution in [0.3, 0.4) is 0 Å². The second-order valence-electron chi connectivity index (χ2n) is 20.6. The molecule has 1 amide bonds. The summed E-state index contributed by atoms with van der Waals surface area (Å²) in [5, 5.41) is 13.9. The SMILES string of the molecule is CC/C=C\C/C=C\C/C=C\C/C=C\C/C=C\CCCCCCCCCCCCCC(=O)NC(COP(=O)([O-])OCC[N+](C)(C)C)C(O)/C=C/CCCCCCCCCCCCCCCCCCCC. The van der Waals surface area contributed by atoms with Crippen molar-refractivity contribution in [2.24, 2.45) is 0 Å². The zero-order valence-electron chi connectivity index (χ0n) is 45.8. The molecule has 0 aromatic heterocycles. The molecular weight excluding hydrogens is 876 g/mol. The minimum absolute atomic E-state index is 0.00383. The molecule has 0 aromatic rings. The third-order valence-electron chi connectivity index (χ3n) is 12.7. The van der Waals surface area contributed by atoms with E-state index in [-0.39, 0.29) is 19.1 Å². The van der Waals surface area contributed by atoms with E-state index < -0.39 is 20.0 Å². The van der Waals surface area contributed by atoms with Gasteiger partial charge in [0, 0.05) is 6.42 Å². The van der Waals surface area contributed by atoms with Crippen molar-refractivity contribution in [1.82, 2.24) is 5.32 Å². The van der Waals surface area contributed by atoms with Crippen LogP contribution in [0, 0.1) is 0 Å². The van der Waals surface area contributed by atoms with E-state index in [1.165, 1.54) is 161 Å². The Balaban J connectivity index is 4.22. The smallest absolute Gasteiger partial charge is 0.268 e. The van der Waals surface area contributed by atoms with E-state index in [1.54, 1.807) is 6.08 Å². The first-order chi connectivity index (χ1) is 33.5. The molecule has 9 heteroatoms. The number of phosphoric ester groups is 1. The second kappa shape index (κ2) is 50.9. The Morgan fingerprint density at radius 1 is 0.522 bits per heavy atom. The van der Waals surface area contributed by atoms with Gasteiger partial charge < -0.3 is 28.8 Å². The van der Waals surface area contributed by atoms with Crippen LogP contribution >= 0.6 is 7.82 Å². The van der Waals surface area contributed by atoms with E-state index in [2.05, 4.69) is 79.9 Å². The number of likely N-dealkylation sites (N-methyl/N-ethyl adjacent to an activating group) is 1. The van der Waals surface area contributed by atoms with Crippen LogP contribution in [-0.2, 0) is 18.4 Å². The number of quaternary nitrogens is 1. The minimum atomic E-state index is -4.60. The van der Waals surface area contributed by atoms with Gasteiger partial charge in [0.05, 0.1) is 39.9 Å². The van der Waals surface area contributed by atoms with E-state index in [0.717, 1.165) is 70.6 Å². The molecule has 0 aliphatic carbocycles. The van der Waals surface area contributed by atoms with E-state index >= 15 is 0 Å². The van der Waals surface area contributed by atoms with E-state index in [9.17, 15) is 19.4 Å². The quantitative estimate of drug-likeness (QED) is 0.0272. The van der Waals surface area contributed by atoms with Gasteiger partial charge in [-0.05, 0) is 64.2 Å². The standard InChI is InChI=1S/C60H111N2O6P/c1-6-8-10-12-14-16-18-20-22-24-26-28-29-30-31-32-33-34-36-38-40-42-44-46-48-50-52-54-60(64)61-58(57-68-69(65,66)67-56-55-62(3,4)5)59(63)53-51-49-47-45-43-41-39-37-35-27-25-23-21-19-17-15-13-11-9-7-2/h8,10,14,16,20,22,26,28,30-31,51,53,58-59,63H,6-7,9,11-13,15,17-19,21,23-25,27,29,32-50,52,54-57H2,1-5H3,(H-,61,64,65,66)/b10-8-,16-14-,22-20-,28-26-,31-30-,53-51+. The van der Waals surface area contributed by atoms with Crippen LogP contribution in [0.5, 0.6) is 0 Å². The highest BCUT2D eigenvalue weighted by Gasteiger charge is 2.23. The molecule has 69 heavy (non-hydrogen) atoms. The van der Waals surface area contributed by atoms with Crippen LogP contribution in [0.25, 0.3) is 0 Å². The summed E-state index contributed by atoms with van der Waals surface area (Å²) >= 11 is 0. The molecule has 0 aromatic carbocycles. The fourth-order valence-electron chi connectivity index (χ4n) is 8.18. The van der Waals surface area contributed by atoms with Gasteiger partial charge in [0.2, 0.25) is 5.91 Å². The molecule has 0 fully saturated rings. The number of nitrogens with zero attached hydrogens (tertiary/aromatic N) is 1. The molecule has 0 bridgehead atoms. The van der Waals surface area contributed by atoms with Crippen LogP contribution in [0.4, 0.5) is 0 Å². The van der Waals surface area contributed by atoms with Crippen molar-refractivity contribution >= 4 is 13.7 Å². The third kappa shape index (κ3) is 53.6. The number of allylic oxidation sites excluding steroid dienone is 11. The van der Waals surface area contributed by atoms with Crippen molar-refractivity contribution < 1.29 is 32.9 Å². The molecule has 3 unspecified atom stereocenters. The highest BCUT2D eigenvalue weighted by atomic mass is 31.2. The predicted molar refractivity (Wildman–Crippen MR) is 297 cm³/mol.